The van der Waals surface area contributed by atoms with Gasteiger partial charge in [0.1, 0.15) is 6.10 Å². The molecule has 0 saturated carbocycles. The van der Waals surface area contributed by atoms with Gasteiger partial charge in [-0.1, -0.05) is 12.1 Å². The van der Waals surface area contributed by atoms with Gasteiger partial charge in [0.2, 0.25) is 0 Å². The summed E-state index contributed by atoms with van der Waals surface area (Å²) in [5.74, 6) is -2.00. The largest absolute Gasteiger partial charge is 0.478 e. The van der Waals surface area contributed by atoms with E-state index in [1.165, 1.54) is 18.2 Å². The Labute approximate surface area is 110 Å². The van der Waals surface area contributed by atoms with Gasteiger partial charge in [-0.15, -0.1) is 0 Å². The fraction of sp³-hybridized carbons (Fsp3) is 0.385. The van der Waals surface area contributed by atoms with Crippen molar-refractivity contribution in [3.8, 4) is 0 Å². The van der Waals surface area contributed by atoms with Gasteiger partial charge in [0.25, 0.3) is 0 Å². The van der Waals surface area contributed by atoms with E-state index in [-0.39, 0.29) is 17.7 Å². The van der Waals surface area contributed by atoms with E-state index in [4.69, 9.17) is 5.11 Å². The lowest BCUT2D eigenvalue weighted by atomic mass is 9.99. The highest BCUT2D eigenvalue weighted by Gasteiger charge is 2.27. The molecule has 1 aromatic rings. The SMILES string of the molecule is CCOC(=O)C(O)C(O)c1ccc(C(=O)O)c(C)c1. The molecule has 3 N–H and O–H groups in total. The second-order valence-corrected chi connectivity index (χ2v) is 4.02. The molecule has 0 aliphatic heterocycles. The third-order valence-electron chi connectivity index (χ3n) is 2.65. The molecule has 2 unspecified atom stereocenters. The molecule has 0 aromatic heterocycles. The van der Waals surface area contributed by atoms with Crippen LogP contribution in [0.2, 0.25) is 0 Å². The van der Waals surface area contributed by atoms with Crippen LogP contribution < -0.4 is 0 Å². The average Bonchev–Trinajstić information content (AvgIpc) is 2.36. The minimum atomic E-state index is -1.70. The first-order valence-corrected chi connectivity index (χ1v) is 5.75. The van der Waals surface area contributed by atoms with Crippen molar-refractivity contribution in [2.24, 2.45) is 0 Å². The first-order valence-electron chi connectivity index (χ1n) is 5.75. The van der Waals surface area contributed by atoms with Crippen molar-refractivity contribution in [3.05, 3.63) is 34.9 Å². The molecule has 104 valence electrons. The molecule has 0 bridgehead atoms. The fourth-order valence-corrected chi connectivity index (χ4v) is 1.65. The number of benzene rings is 1. The Bertz CT molecular complexity index is 482. The van der Waals surface area contributed by atoms with Gasteiger partial charge in [0.05, 0.1) is 12.2 Å². The summed E-state index contributed by atoms with van der Waals surface area (Å²) in [5, 5.41) is 28.3. The lowest BCUT2D eigenvalue weighted by molar-refractivity contribution is -0.159. The zero-order valence-electron chi connectivity index (χ0n) is 10.7. The highest BCUT2D eigenvalue weighted by Crippen LogP contribution is 2.21. The van der Waals surface area contributed by atoms with Crippen LogP contribution in [0.25, 0.3) is 0 Å². The molecule has 6 heteroatoms. The van der Waals surface area contributed by atoms with E-state index in [1.54, 1.807) is 13.8 Å². The van der Waals surface area contributed by atoms with Crippen molar-refractivity contribution in [1.29, 1.82) is 0 Å². The number of carboxylic acids is 1. The Morgan fingerprint density at radius 1 is 1.32 bits per heavy atom. The molecular weight excluding hydrogens is 252 g/mol. The Morgan fingerprint density at radius 2 is 1.95 bits per heavy atom. The molecule has 0 heterocycles. The van der Waals surface area contributed by atoms with Crippen LogP contribution in [0.3, 0.4) is 0 Å². The monoisotopic (exact) mass is 268 g/mol. The van der Waals surface area contributed by atoms with Crippen LogP contribution in [0, 0.1) is 6.92 Å². The molecule has 19 heavy (non-hydrogen) atoms. The molecular formula is C13H16O6. The number of carbonyl (C=O) groups is 2. The number of hydrogen-bond donors (Lipinski definition) is 3. The first kappa shape index (κ1) is 15.1. The second kappa shape index (κ2) is 6.31. The lowest BCUT2D eigenvalue weighted by Gasteiger charge is -2.17. The normalized spacial score (nSPS) is 13.7. The first-order chi connectivity index (χ1) is 8.88. The van der Waals surface area contributed by atoms with Gasteiger partial charge in [0, 0.05) is 0 Å². The number of ether oxygens (including phenoxy) is 1. The number of esters is 1. The van der Waals surface area contributed by atoms with Crippen molar-refractivity contribution in [3.63, 3.8) is 0 Å². The summed E-state index contributed by atoms with van der Waals surface area (Å²) in [7, 11) is 0. The van der Waals surface area contributed by atoms with Crippen LogP contribution in [0.4, 0.5) is 0 Å². The number of rotatable bonds is 5. The van der Waals surface area contributed by atoms with E-state index in [0.717, 1.165) is 0 Å². The molecule has 1 rings (SSSR count). The number of aryl methyl sites for hydroxylation is 1. The summed E-state index contributed by atoms with van der Waals surface area (Å²) in [4.78, 5) is 22.1. The average molecular weight is 268 g/mol. The van der Waals surface area contributed by atoms with E-state index in [9.17, 15) is 19.8 Å². The summed E-state index contributed by atoms with van der Waals surface area (Å²) in [6.07, 6.45) is -3.16. The van der Waals surface area contributed by atoms with Gasteiger partial charge in [-0.25, -0.2) is 9.59 Å². The quantitative estimate of drug-likeness (QED) is 0.677. The summed E-state index contributed by atoms with van der Waals surface area (Å²) in [6, 6.07) is 4.08. The second-order valence-electron chi connectivity index (χ2n) is 4.02. The molecule has 0 radical (unpaired) electrons. The lowest BCUT2D eigenvalue weighted by Crippen LogP contribution is -2.30. The third-order valence-corrected chi connectivity index (χ3v) is 2.65. The van der Waals surface area contributed by atoms with Crippen molar-refractivity contribution in [1.82, 2.24) is 0 Å². The summed E-state index contributed by atoms with van der Waals surface area (Å²) in [5.41, 5.74) is 0.782. The van der Waals surface area contributed by atoms with Gasteiger partial charge in [0.15, 0.2) is 6.10 Å². The molecule has 6 nitrogen and oxygen atoms in total. The summed E-state index contributed by atoms with van der Waals surface area (Å²) >= 11 is 0. The number of aliphatic hydroxyl groups is 2. The van der Waals surface area contributed by atoms with E-state index in [2.05, 4.69) is 4.74 Å². The molecule has 1 aromatic carbocycles. The predicted octanol–water partition coefficient (Wildman–Crippen LogP) is 0.651. The molecule has 0 spiro atoms. The molecule has 0 saturated heterocycles. The van der Waals surface area contributed by atoms with Crippen molar-refractivity contribution in [2.45, 2.75) is 26.1 Å². The minimum Gasteiger partial charge on any atom is -0.478 e. The topological polar surface area (TPSA) is 104 Å². The number of aromatic carboxylic acids is 1. The standard InChI is InChI=1S/C13H16O6/c1-3-19-13(18)11(15)10(14)8-4-5-9(12(16)17)7(2)6-8/h4-6,10-11,14-15H,3H2,1-2H3,(H,16,17). The number of aliphatic hydroxyl groups excluding tert-OH is 2. The predicted molar refractivity (Wildman–Crippen MR) is 65.7 cm³/mol. The smallest absolute Gasteiger partial charge is 0.338 e. The van der Waals surface area contributed by atoms with E-state index < -0.39 is 24.1 Å². The maximum absolute atomic E-state index is 11.3. The van der Waals surface area contributed by atoms with E-state index >= 15 is 0 Å². The minimum absolute atomic E-state index is 0.0968. The maximum atomic E-state index is 11.3. The highest BCUT2D eigenvalue weighted by molar-refractivity contribution is 5.89. The van der Waals surface area contributed by atoms with Crippen LogP contribution in [0.5, 0.6) is 0 Å². The van der Waals surface area contributed by atoms with Crippen molar-refractivity contribution in [2.75, 3.05) is 6.61 Å². The van der Waals surface area contributed by atoms with E-state index in [1.807, 2.05) is 0 Å². The van der Waals surface area contributed by atoms with Crippen LogP contribution in [0.1, 0.15) is 34.5 Å². The third kappa shape index (κ3) is 3.52. The van der Waals surface area contributed by atoms with Crippen LogP contribution >= 0.6 is 0 Å². The molecule has 2 atom stereocenters. The number of carboxylic acid groups (broad SMARTS) is 1. The Balaban J connectivity index is 2.94. The van der Waals surface area contributed by atoms with Gasteiger partial charge in [-0.3, -0.25) is 0 Å². The van der Waals surface area contributed by atoms with Gasteiger partial charge < -0.3 is 20.1 Å². The number of carbonyl (C=O) groups excluding carboxylic acids is 1. The molecule has 0 aliphatic rings. The Hall–Kier alpha value is -1.92. The highest BCUT2D eigenvalue weighted by atomic mass is 16.5. The van der Waals surface area contributed by atoms with Crippen molar-refractivity contribution >= 4 is 11.9 Å². The van der Waals surface area contributed by atoms with Crippen LogP contribution in [-0.4, -0.2) is 40.0 Å². The molecule has 0 amide bonds. The molecule has 0 aliphatic carbocycles. The maximum Gasteiger partial charge on any atom is 0.338 e. The van der Waals surface area contributed by atoms with Gasteiger partial charge in [-0.05, 0) is 31.0 Å². The number of hydrogen-bond acceptors (Lipinski definition) is 5. The zero-order chi connectivity index (χ0) is 14.6. The Kier molecular flexibility index (Phi) is 5.02. The van der Waals surface area contributed by atoms with Crippen LogP contribution in [0.15, 0.2) is 18.2 Å². The zero-order valence-corrected chi connectivity index (χ0v) is 10.7. The molecule has 0 fully saturated rings. The van der Waals surface area contributed by atoms with Crippen LogP contribution in [-0.2, 0) is 9.53 Å². The fourth-order valence-electron chi connectivity index (χ4n) is 1.65. The Morgan fingerprint density at radius 3 is 2.42 bits per heavy atom. The van der Waals surface area contributed by atoms with Crippen molar-refractivity contribution < 1.29 is 29.6 Å². The summed E-state index contributed by atoms with van der Waals surface area (Å²) in [6.45, 7) is 3.25. The summed E-state index contributed by atoms with van der Waals surface area (Å²) < 4.78 is 4.60. The van der Waals surface area contributed by atoms with Gasteiger partial charge >= 0.3 is 11.9 Å². The van der Waals surface area contributed by atoms with Gasteiger partial charge in [-0.2, -0.15) is 0 Å². The van der Waals surface area contributed by atoms with E-state index in [0.29, 0.717) is 5.56 Å².